The Labute approximate surface area is 214 Å². The molecule has 1 aromatic carbocycles. The zero-order valence-electron chi connectivity index (χ0n) is 20.5. The summed E-state index contributed by atoms with van der Waals surface area (Å²) in [4.78, 5) is 37.5. The number of benzene rings is 1. The molecule has 12 nitrogen and oxygen atoms in total. The van der Waals surface area contributed by atoms with Crippen LogP contribution in [0, 0.1) is 0 Å². The fraction of sp³-hybridized carbons (Fsp3) is 0.500. The summed E-state index contributed by atoms with van der Waals surface area (Å²) in [5.41, 5.74) is -5.14. The van der Waals surface area contributed by atoms with Crippen molar-refractivity contribution in [3.63, 3.8) is 0 Å². The smallest absolute Gasteiger partial charge is 0.459 e. The average molecular weight is 565 g/mol. The van der Waals surface area contributed by atoms with Gasteiger partial charge in [-0.3, -0.25) is 23.7 Å². The molecule has 6 atom stereocenters. The highest BCUT2D eigenvalue weighted by molar-refractivity contribution is 7.52. The van der Waals surface area contributed by atoms with Gasteiger partial charge in [0.1, 0.15) is 17.9 Å². The standard InChI is InChI=1S/C22H27F3N3O9P/c1-12(2)35-19(31)13(3)27-38(33,37-14-7-5-4-6-8-14)34-11-22(20(24)25)17(30)16(23)18(36-22)28-10-9-15(29)26-21(28)32/h4-10,12-13,16-18,20,30H,11H2,1-3H3,(H,27,33)(H,26,29,32)/t13-,16?,17-,18+,22+,38?/m0/s1. The molecule has 0 bridgehead atoms. The maximum Gasteiger partial charge on any atom is 0.459 e. The van der Waals surface area contributed by atoms with E-state index >= 15 is 4.39 Å². The molecule has 3 rings (SSSR count). The first kappa shape index (κ1) is 29.6. The van der Waals surface area contributed by atoms with Crippen molar-refractivity contribution < 1.29 is 46.2 Å². The maximum absolute atomic E-state index is 15.0. The molecule has 1 aliphatic heterocycles. The van der Waals surface area contributed by atoms with E-state index < -0.39 is 74.2 Å². The Morgan fingerprint density at radius 2 is 1.89 bits per heavy atom. The average Bonchev–Trinajstić information content (AvgIpc) is 3.09. The Morgan fingerprint density at radius 1 is 1.24 bits per heavy atom. The van der Waals surface area contributed by atoms with Crippen LogP contribution < -0.4 is 20.9 Å². The van der Waals surface area contributed by atoms with Gasteiger partial charge in [0.15, 0.2) is 18.0 Å². The van der Waals surface area contributed by atoms with Crippen LogP contribution in [0.25, 0.3) is 0 Å². The van der Waals surface area contributed by atoms with Crippen molar-refractivity contribution in [2.75, 3.05) is 6.61 Å². The van der Waals surface area contributed by atoms with E-state index in [4.69, 9.17) is 18.5 Å². The molecule has 2 unspecified atom stereocenters. The Hall–Kier alpha value is -2.97. The summed E-state index contributed by atoms with van der Waals surface area (Å²) >= 11 is 0. The minimum absolute atomic E-state index is 0.0345. The second kappa shape index (κ2) is 11.8. The van der Waals surface area contributed by atoms with Crippen LogP contribution in [0.2, 0.25) is 0 Å². The molecule has 16 heteroatoms. The summed E-state index contributed by atoms with van der Waals surface area (Å²) in [7, 11) is -4.70. The zero-order chi connectivity index (χ0) is 28.3. The van der Waals surface area contributed by atoms with Gasteiger partial charge in [0.25, 0.3) is 12.0 Å². The summed E-state index contributed by atoms with van der Waals surface area (Å²) in [6.07, 6.45) is -10.6. The van der Waals surface area contributed by atoms with Gasteiger partial charge in [0, 0.05) is 12.3 Å². The maximum atomic E-state index is 15.0. The second-order valence-electron chi connectivity index (χ2n) is 8.68. The Morgan fingerprint density at radius 3 is 2.47 bits per heavy atom. The fourth-order valence-electron chi connectivity index (χ4n) is 3.51. The molecule has 0 spiro atoms. The van der Waals surface area contributed by atoms with Gasteiger partial charge in [-0.15, -0.1) is 0 Å². The van der Waals surface area contributed by atoms with E-state index in [1.807, 2.05) is 4.98 Å². The number of aliphatic hydroxyl groups is 1. The predicted molar refractivity (Wildman–Crippen MR) is 126 cm³/mol. The second-order valence-corrected chi connectivity index (χ2v) is 10.4. The van der Waals surface area contributed by atoms with Crippen molar-refractivity contribution >= 4 is 13.7 Å². The van der Waals surface area contributed by atoms with Crippen molar-refractivity contribution in [2.45, 2.75) is 63.4 Å². The topological polar surface area (TPSA) is 158 Å². The van der Waals surface area contributed by atoms with Crippen molar-refractivity contribution in [3.05, 3.63) is 63.4 Å². The van der Waals surface area contributed by atoms with Crippen LogP contribution in [0.3, 0.4) is 0 Å². The number of rotatable bonds is 11. The van der Waals surface area contributed by atoms with Crippen LogP contribution in [0.1, 0.15) is 27.0 Å². The molecule has 2 aromatic rings. The SMILES string of the molecule is CC(C)OC(=O)[C@H](C)NP(=O)(OC[C@@]1(C(F)F)O[C@@H](n2ccc(=O)[nH]c2=O)C(F)[C@@H]1O)Oc1ccccc1. The lowest BCUT2D eigenvalue weighted by Crippen LogP contribution is -2.52. The number of carbonyl (C=O) groups excluding carboxylic acids is 1. The minimum atomic E-state index is -4.70. The summed E-state index contributed by atoms with van der Waals surface area (Å²) in [5, 5.41) is 12.7. The zero-order valence-corrected chi connectivity index (χ0v) is 21.3. The minimum Gasteiger partial charge on any atom is -0.462 e. The van der Waals surface area contributed by atoms with Crippen LogP contribution in [-0.2, 0) is 23.4 Å². The first-order valence-corrected chi connectivity index (χ1v) is 12.9. The van der Waals surface area contributed by atoms with Crippen molar-refractivity contribution in [1.29, 1.82) is 0 Å². The van der Waals surface area contributed by atoms with Crippen LogP contribution in [-0.4, -0.2) is 63.7 Å². The van der Waals surface area contributed by atoms with Crippen LogP contribution >= 0.6 is 7.75 Å². The van der Waals surface area contributed by atoms with Gasteiger partial charge >= 0.3 is 19.4 Å². The third-order valence-electron chi connectivity index (χ3n) is 5.40. The van der Waals surface area contributed by atoms with E-state index in [2.05, 4.69) is 5.09 Å². The molecule has 2 heterocycles. The van der Waals surface area contributed by atoms with E-state index in [-0.39, 0.29) is 5.75 Å². The molecule has 210 valence electrons. The van der Waals surface area contributed by atoms with Crippen molar-refractivity contribution in [2.24, 2.45) is 0 Å². The largest absolute Gasteiger partial charge is 0.462 e. The fourth-order valence-corrected chi connectivity index (χ4v) is 5.04. The quantitative estimate of drug-likeness (QED) is 0.271. The van der Waals surface area contributed by atoms with Crippen molar-refractivity contribution in [1.82, 2.24) is 14.6 Å². The molecule has 38 heavy (non-hydrogen) atoms. The number of nitrogens with zero attached hydrogens (tertiary/aromatic N) is 1. The highest BCUT2D eigenvalue weighted by Gasteiger charge is 2.62. The number of esters is 1. The third-order valence-corrected chi connectivity index (χ3v) is 7.02. The van der Waals surface area contributed by atoms with Gasteiger partial charge in [-0.05, 0) is 32.9 Å². The van der Waals surface area contributed by atoms with E-state index in [0.29, 0.717) is 4.57 Å². The van der Waals surface area contributed by atoms with Gasteiger partial charge in [-0.25, -0.2) is 22.5 Å². The summed E-state index contributed by atoms with van der Waals surface area (Å²) in [5.74, 6) is -0.893. The number of hydrogen-bond donors (Lipinski definition) is 3. The van der Waals surface area contributed by atoms with Crippen LogP contribution in [0.5, 0.6) is 5.75 Å². The molecule has 0 saturated carbocycles. The van der Waals surface area contributed by atoms with Crippen LogP contribution in [0.4, 0.5) is 13.2 Å². The summed E-state index contributed by atoms with van der Waals surface area (Å²) < 4.78 is 78.4. The summed E-state index contributed by atoms with van der Waals surface area (Å²) in [6.45, 7) is 3.01. The lowest BCUT2D eigenvalue weighted by Gasteiger charge is -2.32. The summed E-state index contributed by atoms with van der Waals surface area (Å²) in [6, 6.07) is 6.89. The number of ether oxygens (including phenoxy) is 2. The number of carbonyl (C=O) groups is 1. The number of halogens is 3. The number of hydrogen-bond acceptors (Lipinski definition) is 9. The van der Waals surface area contributed by atoms with Gasteiger partial charge in [0.2, 0.25) is 0 Å². The highest BCUT2D eigenvalue weighted by Crippen LogP contribution is 2.49. The van der Waals surface area contributed by atoms with Crippen LogP contribution in [0.15, 0.2) is 52.2 Å². The molecule has 1 saturated heterocycles. The molecule has 0 radical (unpaired) electrons. The number of para-hydroxylation sites is 1. The number of aromatic nitrogens is 2. The molecule has 0 aliphatic carbocycles. The molecule has 3 N–H and O–H groups in total. The first-order valence-electron chi connectivity index (χ1n) is 11.3. The molecule has 1 aromatic heterocycles. The number of H-pyrrole nitrogens is 1. The van der Waals surface area contributed by atoms with Gasteiger partial charge in [-0.2, -0.15) is 5.09 Å². The van der Waals surface area contributed by atoms with Gasteiger partial charge in [-0.1, -0.05) is 18.2 Å². The number of aromatic amines is 1. The number of nitrogens with one attached hydrogen (secondary N) is 2. The third kappa shape index (κ3) is 6.53. The number of alkyl halides is 3. The monoisotopic (exact) mass is 565 g/mol. The lowest BCUT2D eigenvalue weighted by atomic mass is 9.97. The lowest BCUT2D eigenvalue weighted by molar-refractivity contribution is -0.192. The normalized spacial score (nSPS) is 25.8. The van der Waals surface area contributed by atoms with Crippen molar-refractivity contribution in [3.8, 4) is 5.75 Å². The predicted octanol–water partition coefficient (Wildman–Crippen LogP) is 1.90. The number of aliphatic hydroxyl groups excluding tert-OH is 1. The molecule has 1 aliphatic rings. The van der Waals surface area contributed by atoms with E-state index in [1.165, 1.54) is 31.2 Å². The van der Waals surface area contributed by atoms with E-state index in [1.54, 1.807) is 19.9 Å². The van der Waals surface area contributed by atoms with E-state index in [9.17, 15) is 32.8 Å². The molecule has 0 amide bonds. The Balaban J connectivity index is 1.90. The highest BCUT2D eigenvalue weighted by atomic mass is 31.2. The Kier molecular flexibility index (Phi) is 9.21. The molecular formula is C22H27F3N3O9P. The molecule has 1 fully saturated rings. The molecular weight excluding hydrogens is 538 g/mol. The first-order chi connectivity index (χ1) is 17.8. The van der Waals surface area contributed by atoms with Gasteiger partial charge in [0.05, 0.1) is 12.7 Å². The Bertz CT molecular complexity index is 1280. The van der Waals surface area contributed by atoms with Gasteiger partial charge < -0.3 is 19.1 Å². The van der Waals surface area contributed by atoms with E-state index in [0.717, 1.165) is 12.3 Å².